The number of nitrogens with one attached hydrogen (secondary N) is 1. The minimum Gasteiger partial charge on any atom is -0.474 e. The minimum atomic E-state index is -0.652. The fraction of sp³-hybridized carbons (Fsp3) is 0.400. The standard InChI is InChI=1S/C20H21F2N3O2/c21-14-5-4-13(18(22)9-14)12-24-20(26)25-15-6-7-16(25)11-17(10-15)27-19-3-1-2-8-23-19/h1-5,8-9,15-17H,6-7,10-12H2,(H,24,26). The number of piperidine rings is 1. The summed E-state index contributed by atoms with van der Waals surface area (Å²) in [5.41, 5.74) is 0.269. The second kappa shape index (κ2) is 7.50. The summed E-state index contributed by atoms with van der Waals surface area (Å²) in [6, 6.07) is 8.93. The molecule has 2 fully saturated rings. The molecule has 1 N–H and O–H groups in total. The highest BCUT2D eigenvalue weighted by atomic mass is 19.1. The number of fused-ring (bicyclic) bond motifs is 2. The number of halogens is 2. The molecule has 0 radical (unpaired) electrons. The van der Waals surface area contributed by atoms with E-state index in [1.165, 1.54) is 12.1 Å². The number of hydrogen-bond acceptors (Lipinski definition) is 3. The lowest BCUT2D eigenvalue weighted by molar-refractivity contribution is 0.0660. The highest BCUT2D eigenvalue weighted by Gasteiger charge is 2.44. The van der Waals surface area contributed by atoms with Crippen LogP contribution in [0.25, 0.3) is 0 Å². The van der Waals surface area contributed by atoms with Gasteiger partial charge in [0.05, 0.1) is 0 Å². The van der Waals surface area contributed by atoms with Crippen molar-refractivity contribution in [1.29, 1.82) is 0 Å². The predicted molar refractivity (Wildman–Crippen MR) is 95.1 cm³/mol. The maximum atomic E-state index is 13.7. The number of rotatable bonds is 4. The average Bonchev–Trinajstić information content (AvgIpc) is 2.92. The molecular formula is C20H21F2N3O2. The molecule has 1 aromatic carbocycles. The van der Waals surface area contributed by atoms with Gasteiger partial charge in [-0.25, -0.2) is 18.6 Å². The Morgan fingerprint density at radius 2 is 1.96 bits per heavy atom. The van der Waals surface area contributed by atoms with Crippen LogP contribution in [0.1, 0.15) is 31.2 Å². The van der Waals surface area contributed by atoms with Crippen molar-refractivity contribution in [2.45, 2.75) is 50.4 Å². The molecule has 2 saturated heterocycles. The number of pyridine rings is 1. The first-order valence-corrected chi connectivity index (χ1v) is 9.18. The zero-order valence-corrected chi connectivity index (χ0v) is 14.8. The van der Waals surface area contributed by atoms with Crippen LogP contribution in [0, 0.1) is 11.6 Å². The van der Waals surface area contributed by atoms with E-state index in [1.807, 2.05) is 23.1 Å². The van der Waals surface area contributed by atoms with Crippen LogP contribution < -0.4 is 10.1 Å². The molecule has 2 unspecified atom stereocenters. The molecule has 2 atom stereocenters. The molecule has 5 nitrogen and oxygen atoms in total. The van der Waals surface area contributed by atoms with Crippen LogP contribution >= 0.6 is 0 Å². The summed E-state index contributed by atoms with van der Waals surface area (Å²) in [6.45, 7) is 0.0365. The van der Waals surface area contributed by atoms with E-state index in [4.69, 9.17) is 4.74 Å². The predicted octanol–water partition coefficient (Wildman–Crippen LogP) is 3.64. The maximum Gasteiger partial charge on any atom is 0.318 e. The van der Waals surface area contributed by atoms with Gasteiger partial charge in [0.15, 0.2) is 0 Å². The third-order valence-electron chi connectivity index (χ3n) is 5.29. The quantitative estimate of drug-likeness (QED) is 0.890. The molecule has 1 aromatic heterocycles. The van der Waals surface area contributed by atoms with E-state index in [9.17, 15) is 13.6 Å². The largest absolute Gasteiger partial charge is 0.474 e. The maximum absolute atomic E-state index is 13.7. The van der Waals surface area contributed by atoms with Crippen LogP contribution in [0.4, 0.5) is 13.6 Å². The molecular weight excluding hydrogens is 352 g/mol. The van der Waals surface area contributed by atoms with Gasteiger partial charge in [-0.05, 0) is 25.0 Å². The monoisotopic (exact) mass is 373 g/mol. The van der Waals surface area contributed by atoms with E-state index in [-0.39, 0.29) is 36.3 Å². The molecule has 7 heteroatoms. The van der Waals surface area contributed by atoms with Gasteiger partial charge in [0.25, 0.3) is 0 Å². The Morgan fingerprint density at radius 1 is 1.19 bits per heavy atom. The van der Waals surface area contributed by atoms with Gasteiger partial charge in [-0.1, -0.05) is 12.1 Å². The van der Waals surface area contributed by atoms with E-state index in [1.54, 1.807) is 6.20 Å². The number of nitrogens with zero attached hydrogens (tertiary/aromatic N) is 2. The first-order valence-electron chi connectivity index (χ1n) is 9.18. The number of amides is 2. The third kappa shape index (κ3) is 3.86. The molecule has 3 heterocycles. The number of ether oxygens (including phenoxy) is 1. The zero-order chi connectivity index (χ0) is 18.8. The lowest BCUT2D eigenvalue weighted by Crippen LogP contribution is -2.52. The second-order valence-corrected chi connectivity index (χ2v) is 7.07. The van der Waals surface area contributed by atoms with Crippen molar-refractivity contribution in [1.82, 2.24) is 15.2 Å². The lowest BCUT2D eigenvalue weighted by Gasteiger charge is -2.38. The summed E-state index contributed by atoms with van der Waals surface area (Å²) in [7, 11) is 0. The van der Waals surface area contributed by atoms with Gasteiger partial charge in [-0.2, -0.15) is 0 Å². The number of aromatic nitrogens is 1. The Labute approximate surface area is 156 Å². The molecule has 2 bridgehead atoms. The van der Waals surface area contributed by atoms with Crippen molar-refractivity contribution in [3.8, 4) is 5.88 Å². The summed E-state index contributed by atoms with van der Waals surface area (Å²) in [5, 5.41) is 2.77. The van der Waals surface area contributed by atoms with Crippen LogP contribution in [-0.4, -0.2) is 34.1 Å². The summed E-state index contributed by atoms with van der Waals surface area (Å²) < 4.78 is 32.7. The molecule has 2 aliphatic heterocycles. The van der Waals surface area contributed by atoms with Gasteiger partial charge in [0.2, 0.25) is 5.88 Å². The highest BCUT2D eigenvalue weighted by Crippen LogP contribution is 2.37. The zero-order valence-electron chi connectivity index (χ0n) is 14.8. The summed E-state index contributed by atoms with van der Waals surface area (Å²) in [4.78, 5) is 18.7. The molecule has 2 aromatic rings. The van der Waals surface area contributed by atoms with Gasteiger partial charge in [-0.3, -0.25) is 0 Å². The SMILES string of the molecule is O=C(NCc1ccc(F)cc1F)N1C2CCC1CC(Oc1ccccn1)C2. The molecule has 2 amide bonds. The highest BCUT2D eigenvalue weighted by molar-refractivity contribution is 5.75. The van der Waals surface area contributed by atoms with Gasteiger partial charge >= 0.3 is 6.03 Å². The first-order chi connectivity index (χ1) is 13.1. The third-order valence-corrected chi connectivity index (χ3v) is 5.29. The van der Waals surface area contributed by atoms with Crippen molar-refractivity contribution in [3.63, 3.8) is 0 Å². The van der Waals surface area contributed by atoms with Crippen LogP contribution in [0.5, 0.6) is 5.88 Å². The van der Waals surface area contributed by atoms with Crippen LogP contribution in [-0.2, 0) is 6.54 Å². The van der Waals surface area contributed by atoms with E-state index in [0.717, 1.165) is 31.7 Å². The molecule has 0 spiro atoms. The molecule has 2 aliphatic rings. The number of urea groups is 1. The van der Waals surface area contributed by atoms with Gasteiger partial charge in [-0.15, -0.1) is 0 Å². The van der Waals surface area contributed by atoms with Crippen LogP contribution in [0.3, 0.4) is 0 Å². The number of carbonyl (C=O) groups excluding carboxylic acids is 1. The first kappa shape index (κ1) is 17.7. The lowest BCUT2D eigenvalue weighted by atomic mass is 10.00. The van der Waals surface area contributed by atoms with Crippen molar-refractivity contribution in [2.75, 3.05) is 0 Å². The number of hydrogen-bond donors (Lipinski definition) is 1. The Hall–Kier alpha value is -2.70. The fourth-order valence-electron chi connectivity index (χ4n) is 4.07. The fourth-order valence-corrected chi connectivity index (χ4v) is 4.07. The van der Waals surface area contributed by atoms with Crippen molar-refractivity contribution in [3.05, 3.63) is 59.8 Å². The Bertz CT molecular complexity index is 804. The smallest absolute Gasteiger partial charge is 0.318 e. The van der Waals surface area contributed by atoms with E-state index < -0.39 is 11.6 Å². The summed E-state index contributed by atoms with van der Waals surface area (Å²) >= 11 is 0. The van der Waals surface area contributed by atoms with Crippen LogP contribution in [0.2, 0.25) is 0 Å². The number of carbonyl (C=O) groups is 1. The van der Waals surface area contributed by atoms with E-state index in [2.05, 4.69) is 10.3 Å². The summed E-state index contributed by atoms with van der Waals surface area (Å²) in [6.07, 6.45) is 5.12. The van der Waals surface area contributed by atoms with Gasteiger partial charge in [0.1, 0.15) is 17.7 Å². The minimum absolute atomic E-state index is 0.0365. The normalized spacial score (nSPS) is 23.9. The number of benzene rings is 1. The van der Waals surface area contributed by atoms with Gasteiger partial charge < -0.3 is 15.0 Å². The second-order valence-electron chi connectivity index (χ2n) is 7.07. The topological polar surface area (TPSA) is 54.5 Å². The van der Waals surface area contributed by atoms with Gasteiger partial charge in [0, 0.05) is 55.4 Å². The van der Waals surface area contributed by atoms with E-state index >= 15 is 0 Å². The molecule has 0 aliphatic carbocycles. The molecule has 4 rings (SSSR count). The van der Waals surface area contributed by atoms with Crippen molar-refractivity contribution in [2.24, 2.45) is 0 Å². The van der Waals surface area contributed by atoms with Crippen molar-refractivity contribution < 1.29 is 18.3 Å². The Balaban J connectivity index is 1.35. The summed E-state index contributed by atoms with van der Waals surface area (Å²) in [5.74, 6) is -0.678. The van der Waals surface area contributed by atoms with E-state index in [0.29, 0.717) is 5.88 Å². The van der Waals surface area contributed by atoms with Crippen LogP contribution in [0.15, 0.2) is 42.6 Å². The average molecular weight is 373 g/mol. The van der Waals surface area contributed by atoms with Crippen molar-refractivity contribution >= 4 is 6.03 Å². The molecule has 142 valence electrons. The molecule has 27 heavy (non-hydrogen) atoms. The molecule has 0 saturated carbocycles. The Kier molecular flexibility index (Phi) is 4.92. The Morgan fingerprint density at radius 3 is 2.63 bits per heavy atom.